The van der Waals surface area contributed by atoms with Gasteiger partial charge in [-0.25, -0.2) is 5.43 Å². The molecule has 0 aromatic heterocycles. The molecule has 0 bridgehead atoms. The first-order valence-corrected chi connectivity index (χ1v) is 2.61. The molecule has 0 aliphatic rings. The largest absolute Gasteiger partial charge is 0.256 e. The van der Waals surface area contributed by atoms with Crippen LogP contribution in [0.4, 0.5) is 0 Å². The zero-order valence-corrected chi connectivity index (χ0v) is 5.02. The van der Waals surface area contributed by atoms with Gasteiger partial charge in [0, 0.05) is 13.0 Å². The molecule has 9 heavy (non-hydrogen) atoms. The molecule has 0 radical (unpaired) electrons. The van der Waals surface area contributed by atoms with E-state index in [-0.39, 0.29) is 6.54 Å². The summed E-state index contributed by atoms with van der Waals surface area (Å²) in [5.41, 5.74) is 5.30. The summed E-state index contributed by atoms with van der Waals surface area (Å²) in [7, 11) is 0. The second kappa shape index (κ2) is 6.90. The minimum atomic E-state index is 0.269. The Labute approximate surface area is 54.1 Å². The van der Waals surface area contributed by atoms with Crippen molar-refractivity contribution in [1.82, 2.24) is 10.9 Å². The number of rotatable bonds is 4. The molecular weight excluding hydrogens is 116 g/mol. The Bertz CT molecular complexity index is 113. The predicted molar refractivity (Wildman–Crippen MR) is 31.8 cm³/mol. The maximum Gasteiger partial charge on any atom is 0.0972 e. The molecule has 0 rings (SSSR count). The lowest BCUT2D eigenvalue weighted by Gasteiger charge is -1.96. The van der Waals surface area contributed by atoms with Crippen molar-refractivity contribution >= 4 is 0 Å². The molecule has 0 spiro atoms. The van der Waals surface area contributed by atoms with Crippen LogP contribution < -0.4 is 10.9 Å². The van der Waals surface area contributed by atoms with E-state index in [0.29, 0.717) is 13.0 Å². The zero-order valence-electron chi connectivity index (χ0n) is 5.02. The Morgan fingerprint density at radius 3 is 2.44 bits per heavy atom. The molecular formula is C5H8N4. The van der Waals surface area contributed by atoms with Gasteiger partial charge in [0.05, 0.1) is 18.7 Å². The highest BCUT2D eigenvalue weighted by molar-refractivity contribution is 4.72. The maximum atomic E-state index is 8.04. The van der Waals surface area contributed by atoms with Crippen LogP contribution >= 0.6 is 0 Å². The summed E-state index contributed by atoms with van der Waals surface area (Å²) >= 11 is 0. The second-order valence-corrected chi connectivity index (χ2v) is 1.35. The van der Waals surface area contributed by atoms with Crippen molar-refractivity contribution in [3.63, 3.8) is 0 Å². The SMILES string of the molecule is N#CCCNNCC#N. The summed E-state index contributed by atoms with van der Waals surface area (Å²) in [5.74, 6) is 0. The number of hydrogen-bond donors (Lipinski definition) is 2. The minimum Gasteiger partial charge on any atom is -0.256 e. The van der Waals surface area contributed by atoms with Crippen molar-refractivity contribution in [1.29, 1.82) is 10.5 Å². The van der Waals surface area contributed by atoms with Crippen LogP contribution in [0.3, 0.4) is 0 Å². The van der Waals surface area contributed by atoms with Crippen molar-refractivity contribution in [2.75, 3.05) is 13.1 Å². The van der Waals surface area contributed by atoms with Gasteiger partial charge in [0.15, 0.2) is 0 Å². The van der Waals surface area contributed by atoms with Crippen molar-refractivity contribution in [3.8, 4) is 12.1 Å². The monoisotopic (exact) mass is 124 g/mol. The van der Waals surface area contributed by atoms with Crippen LogP contribution in [0.25, 0.3) is 0 Å². The van der Waals surface area contributed by atoms with E-state index in [4.69, 9.17) is 10.5 Å². The van der Waals surface area contributed by atoms with Gasteiger partial charge >= 0.3 is 0 Å². The Balaban J connectivity index is 2.79. The molecule has 0 aromatic rings. The first-order valence-electron chi connectivity index (χ1n) is 2.61. The molecule has 0 fully saturated rings. The Hall–Kier alpha value is -1.10. The predicted octanol–water partition coefficient (Wildman–Crippen LogP) is -0.482. The summed E-state index contributed by atoms with van der Waals surface area (Å²) < 4.78 is 0. The average molecular weight is 124 g/mol. The second-order valence-electron chi connectivity index (χ2n) is 1.35. The van der Waals surface area contributed by atoms with E-state index < -0.39 is 0 Å². The summed E-state index contributed by atoms with van der Waals surface area (Å²) in [6, 6.07) is 3.85. The van der Waals surface area contributed by atoms with E-state index >= 15 is 0 Å². The Morgan fingerprint density at radius 1 is 1.11 bits per heavy atom. The fourth-order valence-electron chi connectivity index (χ4n) is 0.309. The van der Waals surface area contributed by atoms with Gasteiger partial charge in [0.25, 0.3) is 0 Å². The number of nitriles is 2. The quantitative estimate of drug-likeness (QED) is 0.301. The van der Waals surface area contributed by atoms with E-state index in [1.165, 1.54) is 0 Å². The molecule has 0 aliphatic carbocycles. The third-order valence-electron chi connectivity index (χ3n) is 0.654. The molecule has 4 heteroatoms. The van der Waals surface area contributed by atoms with Crippen LogP contribution in [0.2, 0.25) is 0 Å². The fourth-order valence-corrected chi connectivity index (χ4v) is 0.309. The summed E-state index contributed by atoms with van der Waals surface area (Å²) in [5, 5.41) is 16.0. The van der Waals surface area contributed by atoms with Crippen LogP contribution in [0.5, 0.6) is 0 Å². The molecule has 0 unspecified atom stereocenters. The number of nitrogens with zero attached hydrogens (tertiary/aromatic N) is 2. The lowest BCUT2D eigenvalue weighted by molar-refractivity contribution is 0.578. The molecule has 2 N–H and O–H groups in total. The zero-order chi connectivity index (χ0) is 6.95. The Kier molecular flexibility index (Phi) is 6.06. The van der Waals surface area contributed by atoms with Gasteiger partial charge in [-0.3, -0.25) is 5.43 Å². The molecule has 0 atom stereocenters. The molecule has 4 nitrogen and oxygen atoms in total. The van der Waals surface area contributed by atoms with Crippen LogP contribution in [0.1, 0.15) is 6.42 Å². The fraction of sp³-hybridized carbons (Fsp3) is 0.600. The number of hydrogen-bond acceptors (Lipinski definition) is 4. The first-order chi connectivity index (χ1) is 4.41. The molecule has 0 heterocycles. The van der Waals surface area contributed by atoms with Crippen LogP contribution in [0, 0.1) is 22.7 Å². The molecule has 0 aromatic carbocycles. The smallest absolute Gasteiger partial charge is 0.0972 e. The van der Waals surface area contributed by atoms with Crippen LogP contribution in [-0.4, -0.2) is 13.1 Å². The Morgan fingerprint density at radius 2 is 1.89 bits per heavy atom. The van der Waals surface area contributed by atoms with E-state index in [0.717, 1.165) is 0 Å². The summed E-state index contributed by atoms with van der Waals surface area (Å²) in [6.45, 7) is 0.851. The maximum absolute atomic E-state index is 8.04. The number of hydrazine groups is 1. The summed E-state index contributed by atoms with van der Waals surface area (Å²) in [6.07, 6.45) is 0.457. The van der Waals surface area contributed by atoms with E-state index in [1.54, 1.807) is 0 Å². The topological polar surface area (TPSA) is 71.6 Å². The normalized spacial score (nSPS) is 7.78. The van der Waals surface area contributed by atoms with E-state index in [1.807, 2.05) is 12.1 Å². The first kappa shape index (κ1) is 7.90. The van der Waals surface area contributed by atoms with Crippen molar-refractivity contribution in [2.45, 2.75) is 6.42 Å². The third-order valence-corrected chi connectivity index (χ3v) is 0.654. The van der Waals surface area contributed by atoms with Gasteiger partial charge in [-0.05, 0) is 0 Å². The van der Waals surface area contributed by atoms with Gasteiger partial charge < -0.3 is 0 Å². The molecule has 0 saturated carbocycles. The van der Waals surface area contributed by atoms with Gasteiger partial charge in [0.2, 0.25) is 0 Å². The summed E-state index contributed by atoms with van der Waals surface area (Å²) in [4.78, 5) is 0. The highest BCUT2D eigenvalue weighted by atomic mass is 15.3. The molecule has 48 valence electrons. The molecule has 0 amide bonds. The lowest BCUT2D eigenvalue weighted by atomic mass is 10.5. The lowest BCUT2D eigenvalue weighted by Crippen LogP contribution is -2.32. The molecule has 0 saturated heterocycles. The number of nitrogens with one attached hydrogen (secondary N) is 2. The third kappa shape index (κ3) is 6.90. The van der Waals surface area contributed by atoms with E-state index in [9.17, 15) is 0 Å². The van der Waals surface area contributed by atoms with Crippen molar-refractivity contribution < 1.29 is 0 Å². The standard InChI is InChI=1S/C5H8N4/c6-2-1-4-8-9-5-3-7/h8-9H,1,4-5H2. The van der Waals surface area contributed by atoms with Gasteiger partial charge in [-0.15, -0.1) is 0 Å². The van der Waals surface area contributed by atoms with Crippen LogP contribution in [-0.2, 0) is 0 Å². The van der Waals surface area contributed by atoms with E-state index in [2.05, 4.69) is 10.9 Å². The highest BCUT2D eigenvalue weighted by Crippen LogP contribution is 1.65. The van der Waals surface area contributed by atoms with Crippen LogP contribution in [0.15, 0.2) is 0 Å². The average Bonchev–Trinajstić information content (AvgIpc) is 1.89. The van der Waals surface area contributed by atoms with Crippen molar-refractivity contribution in [2.24, 2.45) is 0 Å². The molecule has 0 aliphatic heterocycles. The van der Waals surface area contributed by atoms with Gasteiger partial charge in [-0.1, -0.05) is 0 Å². The van der Waals surface area contributed by atoms with Gasteiger partial charge in [-0.2, -0.15) is 10.5 Å². The highest BCUT2D eigenvalue weighted by Gasteiger charge is 1.80. The van der Waals surface area contributed by atoms with Crippen molar-refractivity contribution in [3.05, 3.63) is 0 Å². The minimum absolute atomic E-state index is 0.269. The van der Waals surface area contributed by atoms with Gasteiger partial charge in [0.1, 0.15) is 0 Å².